The number of ether oxygens (including phenoxy) is 2. The van der Waals surface area contributed by atoms with E-state index in [4.69, 9.17) is 9.47 Å². The van der Waals surface area contributed by atoms with Crippen LogP contribution in [-0.4, -0.2) is 39.5 Å². The van der Waals surface area contributed by atoms with Crippen molar-refractivity contribution in [1.82, 2.24) is 10.6 Å². The Morgan fingerprint density at radius 3 is 2.57 bits per heavy atom. The highest BCUT2D eigenvalue weighted by Gasteiger charge is 2.01. The molecule has 0 spiro atoms. The van der Waals surface area contributed by atoms with Crippen molar-refractivity contribution in [2.45, 2.75) is 39.3 Å². The average Bonchev–Trinajstić information content (AvgIpc) is 2.51. The zero-order chi connectivity index (χ0) is 15.3. The first kappa shape index (κ1) is 18.0. The summed E-state index contributed by atoms with van der Waals surface area (Å²) in [4.78, 5) is 0. The topological polar surface area (TPSA) is 42.5 Å². The third-order valence-corrected chi connectivity index (χ3v) is 3.28. The molecule has 4 heteroatoms. The van der Waals surface area contributed by atoms with Gasteiger partial charge in [0, 0.05) is 32.8 Å². The Labute approximate surface area is 129 Å². The van der Waals surface area contributed by atoms with Gasteiger partial charge in [0.25, 0.3) is 0 Å². The van der Waals surface area contributed by atoms with Crippen LogP contribution in [0.1, 0.15) is 32.3 Å². The molecular weight excluding hydrogens is 264 g/mol. The van der Waals surface area contributed by atoms with Crippen molar-refractivity contribution >= 4 is 0 Å². The summed E-state index contributed by atoms with van der Waals surface area (Å²) < 4.78 is 10.7. The smallest absolute Gasteiger partial charge is 0.119 e. The van der Waals surface area contributed by atoms with Gasteiger partial charge >= 0.3 is 0 Å². The van der Waals surface area contributed by atoms with Gasteiger partial charge < -0.3 is 20.1 Å². The quantitative estimate of drug-likeness (QED) is 0.582. The molecule has 1 atom stereocenters. The molecule has 1 rings (SSSR count). The summed E-state index contributed by atoms with van der Waals surface area (Å²) >= 11 is 0. The number of benzene rings is 1. The van der Waals surface area contributed by atoms with Crippen LogP contribution < -0.4 is 15.4 Å². The molecule has 0 saturated heterocycles. The Bertz CT molecular complexity index is 354. The van der Waals surface area contributed by atoms with Gasteiger partial charge in [-0.3, -0.25) is 0 Å². The average molecular weight is 294 g/mol. The molecule has 0 aliphatic carbocycles. The molecule has 120 valence electrons. The normalized spacial score (nSPS) is 12.3. The van der Waals surface area contributed by atoms with E-state index in [0.717, 1.165) is 51.4 Å². The Balaban J connectivity index is 2.19. The molecule has 1 aromatic rings. The maximum absolute atomic E-state index is 5.66. The largest absolute Gasteiger partial charge is 0.494 e. The number of hydrogen-bond donors (Lipinski definition) is 2. The predicted molar refractivity (Wildman–Crippen MR) is 87.9 cm³/mol. The summed E-state index contributed by atoms with van der Waals surface area (Å²) in [7, 11) is 1.72. The summed E-state index contributed by atoms with van der Waals surface area (Å²) in [6.45, 7) is 8.63. The molecule has 0 bridgehead atoms. The highest BCUT2D eigenvalue weighted by molar-refractivity contribution is 5.27. The number of rotatable bonds is 12. The third kappa shape index (κ3) is 8.71. The number of unbranched alkanes of at least 4 members (excludes halogenated alkanes) is 1. The zero-order valence-electron chi connectivity index (χ0n) is 13.7. The van der Waals surface area contributed by atoms with E-state index in [1.165, 1.54) is 5.56 Å². The molecule has 0 fully saturated rings. The van der Waals surface area contributed by atoms with Crippen molar-refractivity contribution in [3.05, 3.63) is 29.8 Å². The lowest BCUT2D eigenvalue weighted by Crippen LogP contribution is -2.37. The fourth-order valence-electron chi connectivity index (χ4n) is 1.89. The van der Waals surface area contributed by atoms with Gasteiger partial charge in [0.1, 0.15) is 5.75 Å². The van der Waals surface area contributed by atoms with Crippen molar-refractivity contribution in [1.29, 1.82) is 0 Å². The minimum absolute atomic E-state index is 0.433. The van der Waals surface area contributed by atoms with Crippen LogP contribution >= 0.6 is 0 Å². The molecule has 4 nitrogen and oxygen atoms in total. The Kier molecular flexibility index (Phi) is 9.87. The number of methoxy groups -OCH3 is 1. The zero-order valence-corrected chi connectivity index (χ0v) is 13.7. The summed E-state index contributed by atoms with van der Waals surface area (Å²) in [5.41, 5.74) is 1.28. The third-order valence-electron chi connectivity index (χ3n) is 3.28. The second-order valence-corrected chi connectivity index (χ2v) is 5.32. The Morgan fingerprint density at radius 1 is 1.14 bits per heavy atom. The van der Waals surface area contributed by atoms with Crippen LogP contribution in [0.3, 0.4) is 0 Å². The molecule has 2 N–H and O–H groups in total. The minimum atomic E-state index is 0.433. The second kappa shape index (κ2) is 11.5. The van der Waals surface area contributed by atoms with E-state index >= 15 is 0 Å². The van der Waals surface area contributed by atoms with Crippen molar-refractivity contribution in [3.63, 3.8) is 0 Å². The molecule has 0 radical (unpaired) electrons. The summed E-state index contributed by atoms with van der Waals surface area (Å²) in [5.74, 6) is 0.960. The lowest BCUT2D eigenvalue weighted by molar-refractivity contribution is 0.198. The lowest BCUT2D eigenvalue weighted by atomic mass is 10.2. The molecule has 0 aromatic heterocycles. The van der Waals surface area contributed by atoms with Crippen LogP contribution in [0.4, 0.5) is 0 Å². The van der Waals surface area contributed by atoms with Crippen molar-refractivity contribution in [3.8, 4) is 5.75 Å². The van der Waals surface area contributed by atoms with E-state index in [-0.39, 0.29) is 0 Å². The van der Waals surface area contributed by atoms with E-state index in [1.807, 2.05) is 12.1 Å². The van der Waals surface area contributed by atoms with Crippen LogP contribution in [0.2, 0.25) is 0 Å². The maximum Gasteiger partial charge on any atom is 0.119 e. The van der Waals surface area contributed by atoms with Gasteiger partial charge in [0.15, 0.2) is 0 Å². The molecule has 1 aromatic carbocycles. The monoisotopic (exact) mass is 294 g/mol. The van der Waals surface area contributed by atoms with E-state index < -0.39 is 0 Å². The van der Waals surface area contributed by atoms with Crippen molar-refractivity contribution < 1.29 is 9.47 Å². The van der Waals surface area contributed by atoms with Gasteiger partial charge in [-0.1, -0.05) is 25.5 Å². The molecule has 0 heterocycles. The number of hydrogen-bond acceptors (Lipinski definition) is 4. The van der Waals surface area contributed by atoms with Gasteiger partial charge in [-0.15, -0.1) is 0 Å². The fourth-order valence-corrected chi connectivity index (χ4v) is 1.89. The van der Waals surface area contributed by atoms with Crippen LogP contribution in [0.25, 0.3) is 0 Å². The molecule has 0 aliphatic rings. The fraction of sp³-hybridized carbons (Fsp3) is 0.647. The van der Waals surface area contributed by atoms with Gasteiger partial charge in [0.05, 0.1) is 13.2 Å². The SMILES string of the molecule is CCCCOc1ccc(CNC(C)CNCCOC)cc1. The van der Waals surface area contributed by atoms with Crippen LogP contribution in [-0.2, 0) is 11.3 Å². The molecule has 0 aliphatic heterocycles. The molecular formula is C17H30N2O2. The molecule has 0 saturated carbocycles. The Morgan fingerprint density at radius 2 is 1.90 bits per heavy atom. The molecule has 21 heavy (non-hydrogen) atoms. The molecule has 1 unspecified atom stereocenters. The number of nitrogens with one attached hydrogen (secondary N) is 2. The first-order valence-corrected chi connectivity index (χ1v) is 7.91. The summed E-state index contributed by atoms with van der Waals surface area (Å²) in [5, 5.41) is 6.86. The summed E-state index contributed by atoms with van der Waals surface area (Å²) in [6.07, 6.45) is 2.27. The van der Waals surface area contributed by atoms with Gasteiger partial charge in [-0.2, -0.15) is 0 Å². The van der Waals surface area contributed by atoms with E-state index in [2.05, 4.69) is 36.6 Å². The van der Waals surface area contributed by atoms with Gasteiger partial charge in [0.2, 0.25) is 0 Å². The standard InChI is InChI=1S/C17H30N2O2/c1-4-5-11-21-17-8-6-16(7-9-17)14-19-15(2)13-18-10-12-20-3/h6-9,15,18-19H,4-5,10-14H2,1-3H3. The van der Waals surface area contributed by atoms with E-state index in [1.54, 1.807) is 7.11 Å². The Hall–Kier alpha value is -1.10. The highest BCUT2D eigenvalue weighted by atomic mass is 16.5. The highest BCUT2D eigenvalue weighted by Crippen LogP contribution is 2.12. The van der Waals surface area contributed by atoms with Crippen LogP contribution in [0.5, 0.6) is 5.75 Å². The summed E-state index contributed by atoms with van der Waals surface area (Å²) in [6, 6.07) is 8.78. The van der Waals surface area contributed by atoms with Crippen LogP contribution in [0, 0.1) is 0 Å². The maximum atomic E-state index is 5.66. The second-order valence-electron chi connectivity index (χ2n) is 5.32. The molecule has 0 amide bonds. The predicted octanol–water partition coefficient (Wildman–Crippen LogP) is 2.58. The minimum Gasteiger partial charge on any atom is -0.494 e. The van der Waals surface area contributed by atoms with E-state index in [9.17, 15) is 0 Å². The first-order chi connectivity index (χ1) is 10.3. The lowest BCUT2D eigenvalue weighted by Gasteiger charge is -2.15. The van der Waals surface area contributed by atoms with Crippen molar-refractivity contribution in [2.24, 2.45) is 0 Å². The van der Waals surface area contributed by atoms with E-state index in [0.29, 0.717) is 6.04 Å². The van der Waals surface area contributed by atoms with Gasteiger partial charge in [-0.25, -0.2) is 0 Å². The first-order valence-electron chi connectivity index (χ1n) is 7.91. The van der Waals surface area contributed by atoms with Crippen molar-refractivity contribution in [2.75, 3.05) is 33.4 Å². The van der Waals surface area contributed by atoms with Crippen LogP contribution in [0.15, 0.2) is 24.3 Å². The van der Waals surface area contributed by atoms with Gasteiger partial charge in [-0.05, 0) is 31.0 Å².